The van der Waals surface area contributed by atoms with Gasteiger partial charge >= 0.3 is 0 Å². The Morgan fingerprint density at radius 3 is 2.50 bits per heavy atom. The van der Waals surface area contributed by atoms with E-state index >= 15 is 0 Å². The van der Waals surface area contributed by atoms with Gasteiger partial charge in [-0.1, -0.05) is 36.5 Å². The molecule has 174 valence electrons. The molecule has 0 saturated carbocycles. The van der Waals surface area contributed by atoms with E-state index in [1.165, 1.54) is 0 Å². The van der Waals surface area contributed by atoms with Crippen molar-refractivity contribution in [2.24, 2.45) is 5.92 Å². The molecule has 3 rings (SSSR count). The predicted molar refractivity (Wildman–Crippen MR) is 129 cm³/mol. The molecule has 6 nitrogen and oxygen atoms in total. The smallest absolute Gasteiger partial charge is 0.227 e. The highest BCUT2D eigenvalue weighted by Crippen LogP contribution is 2.28. The van der Waals surface area contributed by atoms with Crippen LogP contribution in [0.15, 0.2) is 18.2 Å². The number of nitrogens with zero attached hydrogens (tertiary/aromatic N) is 4. The standard InChI is InChI=1S/C24H32Cl2N4O2/c1-5-6-11-28(4)24(32)18-9-12-29(13-10-18)23(31)15-20-16(2)27-30(17(20)3)22-8-7-19(25)14-21(22)26/h7-8,14,18H,5-6,9-13,15H2,1-4H3. The molecule has 0 radical (unpaired) electrons. The number of amides is 2. The Morgan fingerprint density at radius 2 is 1.88 bits per heavy atom. The summed E-state index contributed by atoms with van der Waals surface area (Å²) in [6.45, 7) is 8.02. The van der Waals surface area contributed by atoms with Gasteiger partial charge in [0.05, 0.1) is 22.8 Å². The number of halogens is 2. The average molecular weight is 479 g/mol. The zero-order chi connectivity index (χ0) is 23.4. The summed E-state index contributed by atoms with van der Waals surface area (Å²) in [5, 5.41) is 5.69. The van der Waals surface area contributed by atoms with Crippen LogP contribution in [0.5, 0.6) is 0 Å². The second kappa shape index (κ2) is 10.7. The van der Waals surface area contributed by atoms with Crippen LogP contribution in [0.25, 0.3) is 5.69 Å². The summed E-state index contributed by atoms with van der Waals surface area (Å²) in [6.07, 6.45) is 3.83. The van der Waals surface area contributed by atoms with Crippen molar-refractivity contribution >= 4 is 35.0 Å². The molecule has 32 heavy (non-hydrogen) atoms. The molecule has 1 aliphatic heterocycles. The Kier molecular flexibility index (Phi) is 8.23. The fraction of sp³-hybridized carbons (Fsp3) is 0.542. The Balaban J connectivity index is 1.64. The van der Waals surface area contributed by atoms with Crippen molar-refractivity contribution in [3.05, 3.63) is 45.2 Å². The van der Waals surface area contributed by atoms with Gasteiger partial charge in [-0.05, 0) is 51.3 Å². The SMILES string of the molecule is CCCCN(C)C(=O)C1CCN(C(=O)Cc2c(C)nn(-c3ccc(Cl)cc3Cl)c2C)CC1. The van der Waals surface area contributed by atoms with E-state index < -0.39 is 0 Å². The number of benzene rings is 1. The lowest BCUT2D eigenvalue weighted by molar-refractivity contribution is -0.139. The number of aryl methyl sites for hydroxylation is 1. The molecule has 0 N–H and O–H groups in total. The van der Waals surface area contributed by atoms with Crippen molar-refractivity contribution in [1.29, 1.82) is 0 Å². The van der Waals surface area contributed by atoms with Crippen LogP contribution in [0.4, 0.5) is 0 Å². The zero-order valence-electron chi connectivity index (χ0n) is 19.3. The van der Waals surface area contributed by atoms with Crippen molar-refractivity contribution in [2.45, 2.75) is 52.9 Å². The number of likely N-dealkylation sites (tertiary alicyclic amines) is 1. The van der Waals surface area contributed by atoms with Crippen molar-refractivity contribution < 1.29 is 9.59 Å². The van der Waals surface area contributed by atoms with Crippen molar-refractivity contribution in [3.8, 4) is 5.69 Å². The lowest BCUT2D eigenvalue weighted by Gasteiger charge is -2.33. The number of carbonyl (C=O) groups is 2. The van der Waals surface area contributed by atoms with Gasteiger partial charge in [0.2, 0.25) is 11.8 Å². The molecule has 1 aromatic carbocycles. The van der Waals surface area contributed by atoms with Crippen LogP contribution in [0, 0.1) is 19.8 Å². The summed E-state index contributed by atoms with van der Waals surface area (Å²) in [7, 11) is 1.88. The summed E-state index contributed by atoms with van der Waals surface area (Å²) in [6, 6.07) is 5.29. The quantitative estimate of drug-likeness (QED) is 0.571. The highest BCUT2D eigenvalue weighted by atomic mass is 35.5. The predicted octanol–water partition coefficient (Wildman–Crippen LogP) is 4.84. The Hall–Kier alpha value is -2.05. The first-order valence-corrected chi connectivity index (χ1v) is 12.0. The van der Waals surface area contributed by atoms with Crippen LogP contribution in [-0.2, 0) is 16.0 Å². The van der Waals surface area contributed by atoms with Crippen molar-refractivity contribution in [1.82, 2.24) is 19.6 Å². The van der Waals surface area contributed by atoms with E-state index in [2.05, 4.69) is 12.0 Å². The number of hydrogen-bond acceptors (Lipinski definition) is 3. The molecule has 1 aliphatic rings. The van der Waals surface area contributed by atoms with Gasteiger partial charge in [0.15, 0.2) is 0 Å². The molecule has 2 amide bonds. The van der Waals surface area contributed by atoms with Gasteiger partial charge in [0.25, 0.3) is 0 Å². The molecular formula is C24H32Cl2N4O2. The molecule has 0 atom stereocenters. The molecule has 1 fully saturated rings. The Labute approximate surface area is 200 Å². The van der Waals surface area contributed by atoms with Crippen LogP contribution >= 0.6 is 23.2 Å². The van der Waals surface area contributed by atoms with Crippen LogP contribution in [-0.4, -0.2) is 58.1 Å². The van der Waals surface area contributed by atoms with E-state index in [4.69, 9.17) is 23.2 Å². The molecule has 1 saturated heterocycles. The fourth-order valence-electron chi connectivity index (χ4n) is 4.27. The van der Waals surface area contributed by atoms with E-state index in [0.717, 1.165) is 54.9 Å². The second-order valence-corrected chi connectivity index (χ2v) is 9.45. The first-order chi connectivity index (χ1) is 15.2. The van der Waals surface area contributed by atoms with E-state index in [-0.39, 0.29) is 24.2 Å². The number of piperidine rings is 1. The van der Waals surface area contributed by atoms with E-state index in [9.17, 15) is 9.59 Å². The van der Waals surface area contributed by atoms with Gasteiger partial charge in [0.1, 0.15) is 0 Å². The third-order valence-electron chi connectivity index (χ3n) is 6.33. The Morgan fingerprint density at radius 1 is 1.19 bits per heavy atom. The molecular weight excluding hydrogens is 447 g/mol. The first kappa shape index (κ1) is 24.6. The fourth-order valence-corrected chi connectivity index (χ4v) is 4.76. The minimum Gasteiger partial charge on any atom is -0.346 e. The van der Waals surface area contributed by atoms with Gasteiger partial charge in [-0.3, -0.25) is 9.59 Å². The molecule has 0 bridgehead atoms. The third-order valence-corrected chi connectivity index (χ3v) is 6.87. The number of hydrogen-bond donors (Lipinski definition) is 0. The van der Waals surface area contributed by atoms with Gasteiger partial charge < -0.3 is 9.80 Å². The highest BCUT2D eigenvalue weighted by molar-refractivity contribution is 6.35. The number of unbranched alkanes of at least 4 members (excludes halogenated alkanes) is 1. The van der Waals surface area contributed by atoms with Crippen LogP contribution in [0.1, 0.15) is 49.6 Å². The van der Waals surface area contributed by atoms with Crippen LogP contribution in [0.3, 0.4) is 0 Å². The molecule has 0 unspecified atom stereocenters. The first-order valence-electron chi connectivity index (χ1n) is 11.3. The van der Waals surface area contributed by atoms with Gasteiger partial charge in [-0.2, -0.15) is 5.10 Å². The number of rotatable bonds is 7. The van der Waals surface area contributed by atoms with Crippen molar-refractivity contribution in [2.75, 3.05) is 26.7 Å². The summed E-state index contributed by atoms with van der Waals surface area (Å²) < 4.78 is 1.77. The van der Waals surface area contributed by atoms with E-state index in [1.807, 2.05) is 36.8 Å². The molecule has 1 aromatic heterocycles. The maximum absolute atomic E-state index is 13.0. The normalized spacial score (nSPS) is 14.6. The van der Waals surface area contributed by atoms with Gasteiger partial charge in [-0.15, -0.1) is 0 Å². The summed E-state index contributed by atoms with van der Waals surface area (Å²) in [4.78, 5) is 29.4. The van der Waals surface area contributed by atoms with E-state index in [1.54, 1.807) is 16.8 Å². The lowest BCUT2D eigenvalue weighted by Crippen LogP contribution is -2.44. The minimum atomic E-state index is 0.0131. The summed E-state index contributed by atoms with van der Waals surface area (Å²) in [5.41, 5.74) is 3.35. The molecule has 0 aliphatic carbocycles. The number of aromatic nitrogens is 2. The molecule has 0 spiro atoms. The topological polar surface area (TPSA) is 58.4 Å². The summed E-state index contributed by atoms with van der Waals surface area (Å²) >= 11 is 12.4. The van der Waals surface area contributed by atoms with E-state index in [0.29, 0.717) is 23.1 Å². The highest BCUT2D eigenvalue weighted by Gasteiger charge is 2.29. The van der Waals surface area contributed by atoms with Gasteiger partial charge in [-0.25, -0.2) is 4.68 Å². The number of carbonyl (C=O) groups excluding carboxylic acids is 2. The second-order valence-electron chi connectivity index (χ2n) is 8.60. The average Bonchev–Trinajstić information content (AvgIpc) is 3.05. The third kappa shape index (κ3) is 5.46. The zero-order valence-corrected chi connectivity index (χ0v) is 20.8. The molecule has 2 heterocycles. The van der Waals surface area contributed by atoms with Crippen molar-refractivity contribution in [3.63, 3.8) is 0 Å². The van der Waals surface area contributed by atoms with Crippen LogP contribution in [0.2, 0.25) is 10.0 Å². The van der Waals surface area contributed by atoms with Gasteiger partial charge in [0, 0.05) is 48.9 Å². The lowest BCUT2D eigenvalue weighted by atomic mass is 9.94. The summed E-state index contributed by atoms with van der Waals surface area (Å²) in [5.74, 6) is 0.292. The Bertz CT molecular complexity index is 981. The monoisotopic (exact) mass is 478 g/mol. The molecule has 8 heteroatoms. The molecule has 2 aromatic rings. The maximum atomic E-state index is 13.0. The minimum absolute atomic E-state index is 0.0131. The largest absolute Gasteiger partial charge is 0.346 e. The van der Waals surface area contributed by atoms with Crippen LogP contribution < -0.4 is 0 Å². The maximum Gasteiger partial charge on any atom is 0.227 e.